The van der Waals surface area contributed by atoms with Crippen molar-refractivity contribution in [3.8, 4) is 6.07 Å². The van der Waals surface area contributed by atoms with Gasteiger partial charge in [-0.2, -0.15) is 18.0 Å². The standard InChI is InChI=1S/C4H7N3O2S/c5-1-3-7-4-2-6-10(7,8)9/h6H,2-4H2. The molecule has 0 bridgehead atoms. The van der Waals surface area contributed by atoms with Crippen molar-refractivity contribution in [2.24, 2.45) is 0 Å². The Labute approximate surface area is 59.4 Å². The normalized spacial score (nSPS) is 24.3. The Morgan fingerprint density at radius 1 is 1.70 bits per heavy atom. The van der Waals surface area contributed by atoms with Gasteiger partial charge in [-0.3, -0.25) is 0 Å². The molecule has 1 aliphatic rings. The molecule has 0 saturated carbocycles. The first-order chi connectivity index (χ1) is 4.67. The van der Waals surface area contributed by atoms with E-state index in [4.69, 9.17) is 5.26 Å². The van der Waals surface area contributed by atoms with Gasteiger partial charge in [-0.15, -0.1) is 0 Å². The number of hydrogen-bond acceptors (Lipinski definition) is 3. The Hall–Kier alpha value is -0.640. The van der Waals surface area contributed by atoms with Gasteiger partial charge in [0.15, 0.2) is 0 Å². The van der Waals surface area contributed by atoms with Crippen molar-refractivity contribution in [2.45, 2.75) is 0 Å². The van der Waals surface area contributed by atoms with Crippen LogP contribution in [-0.2, 0) is 10.2 Å². The summed E-state index contributed by atoms with van der Waals surface area (Å²) in [5.41, 5.74) is 0. The number of nitrogens with one attached hydrogen (secondary N) is 1. The van der Waals surface area contributed by atoms with Crippen LogP contribution in [0, 0.1) is 11.3 Å². The van der Waals surface area contributed by atoms with Crippen LogP contribution in [0.2, 0.25) is 0 Å². The van der Waals surface area contributed by atoms with Crippen molar-refractivity contribution < 1.29 is 8.42 Å². The zero-order chi connectivity index (χ0) is 7.61. The largest absolute Gasteiger partial charge is 0.280 e. The second-order valence-electron chi connectivity index (χ2n) is 1.89. The molecule has 0 radical (unpaired) electrons. The molecular formula is C4H7N3O2S. The highest BCUT2D eigenvalue weighted by atomic mass is 32.2. The molecule has 0 aromatic rings. The first-order valence-electron chi connectivity index (χ1n) is 2.78. The highest BCUT2D eigenvalue weighted by molar-refractivity contribution is 7.87. The molecule has 1 aliphatic heterocycles. The minimum atomic E-state index is -3.29. The van der Waals surface area contributed by atoms with E-state index in [1.165, 1.54) is 0 Å². The summed E-state index contributed by atoms with van der Waals surface area (Å²) in [6, 6.07) is 1.77. The zero-order valence-electron chi connectivity index (χ0n) is 5.24. The van der Waals surface area contributed by atoms with Gasteiger partial charge >= 0.3 is 0 Å². The Bertz CT molecular complexity index is 252. The summed E-state index contributed by atoms with van der Waals surface area (Å²) in [4.78, 5) is 0. The Morgan fingerprint density at radius 3 is 2.80 bits per heavy atom. The van der Waals surface area contributed by atoms with Gasteiger partial charge < -0.3 is 0 Å². The van der Waals surface area contributed by atoms with Gasteiger partial charge in [0.1, 0.15) is 6.54 Å². The summed E-state index contributed by atoms with van der Waals surface area (Å²) in [6.45, 7) is 0.745. The van der Waals surface area contributed by atoms with Gasteiger partial charge in [-0.1, -0.05) is 0 Å². The molecule has 6 heteroatoms. The van der Waals surface area contributed by atoms with E-state index in [0.717, 1.165) is 4.31 Å². The fraction of sp³-hybridized carbons (Fsp3) is 0.750. The Balaban J connectivity index is 2.72. The minimum absolute atomic E-state index is 0.0602. The highest BCUT2D eigenvalue weighted by Gasteiger charge is 2.26. The maximum absolute atomic E-state index is 10.8. The summed E-state index contributed by atoms with van der Waals surface area (Å²) in [6.07, 6.45) is 0. The molecule has 0 aromatic carbocycles. The van der Waals surface area contributed by atoms with Crippen LogP contribution >= 0.6 is 0 Å². The van der Waals surface area contributed by atoms with E-state index in [0.29, 0.717) is 13.1 Å². The topological polar surface area (TPSA) is 73.2 Å². The molecule has 10 heavy (non-hydrogen) atoms. The molecule has 0 spiro atoms. The van der Waals surface area contributed by atoms with Crippen LogP contribution in [0.15, 0.2) is 0 Å². The molecule has 5 nitrogen and oxygen atoms in total. The van der Waals surface area contributed by atoms with Crippen LogP contribution < -0.4 is 4.72 Å². The van der Waals surface area contributed by atoms with Crippen molar-refractivity contribution >= 4 is 10.2 Å². The molecule has 56 valence electrons. The van der Waals surface area contributed by atoms with Gasteiger partial charge in [0, 0.05) is 13.1 Å². The summed E-state index contributed by atoms with van der Waals surface area (Å²) >= 11 is 0. The van der Waals surface area contributed by atoms with Crippen molar-refractivity contribution in [3.05, 3.63) is 0 Å². The first kappa shape index (κ1) is 7.47. The fourth-order valence-corrected chi connectivity index (χ4v) is 1.84. The van der Waals surface area contributed by atoms with E-state index in [2.05, 4.69) is 4.72 Å². The maximum atomic E-state index is 10.8. The molecular weight excluding hydrogens is 154 g/mol. The van der Waals surface area contributed by atoms with Gasteiger partial charge in [0.2, 0.25) is 0 Å². The SMILES string of the molecule is N#CCN1CCNS1(=O)=O. The van der Waals surface area contributed by atoms with Crippen LogP contribution in [0.1, 0.15) is 0 Å². The summed E-state index contributed by atoms with van der Waals surface area (Å²) in [5, 5.41) is 8.18. The van der Waals surface area contributed by atoms with E-state index in [-0.39, 0.29) is 6.54 Å². The van der Waals surface area contributed by atoms with E-state index >= 15 is 0 Å². The number of rotatable bonds is 1. The molecule has 1 N–H and O–H groups in total. The van der Waals surface area contributed by atoms with Crippen molar-refractivity contribution in [1.82, 2.24) is 9.03 Å². The van der Waals surface area contributed by atoms with Crippen LogP contribution in [0.5, 0.6) is 0 Å². The zero-order valence-corrected chi connectivity index (χ0v) is 6.06. The van der Waals surface area contributed by atoms with E-state index in [9.17, 15) is 8.42 Å². The van der Waals surface area contributed by atoms with Crippen LogP contribution in [-0.4, -0.2) is 32.4 Å². The molecule has 1 fully saturated rings. The third kappa shape index (κ3) is 1.26. The van der Waals surface area contributed by atoms with Gasteiger partial charge in [-0.05, 0) is 0 Å². The fourth-order valence-electron chi connectivity index (χ4n) is 0.754. The summed E-state index contributed by atoms with van der Waals surface area (Å²) in [5.74, 6) is 0. The molecule has 0 aliphatic carbocycles. The predicted octanol–water partition coefficient (Wildman–Crippen LogP) is -1.34. The molecule has 0 aromatic heterocycles. The number of nitrogens with zero attached hydrogens (tertiary/aromatic N) is 2. The third-order valence-corrected chi connectivity index (χ3v) is 2.79. The molecule has 0 unspecified atom stereocenters. The first-order valence-corrected chi connectivity index (χ1v) is 4.22. The third-order valence-electron chi connectivity index (χ3n) is 1.23. The van der Waals surface area contributed by atoms with Crippen LogP contribution in [0.4, 0.5) is 0 Å². The lowest BCUT2D eigenvalue weighted by atomic mass is 10.6. The maximum Gasteiger partial charge on any atom is 0.280 e. The average molecular weight is 161 g/mol. The minimum Gasteiger partial charge on any atom is -0.201 e. The van der Waals surface area contributed by atoms with E-state index in [1.54, 1.807) is 6.07 Å². The lowest BCUT2D eigenvalue weighted by molar-refractivity contribution is 0.487. The molecule has 1 rings (SSSR count). The van der Waals surface area contributed by atoms with Gasteiger partial charge in [-0.25, -0.2) is 4.72 Å². The lowest BCUT2D eigenvalue weighted by Crippen LogP contribution is -2.29. The Kier molecular flexibility index (Phi) is 1.89. The van der Waals surface area contributed by atoms with Crippen molar-refractivity contribution in [2.75, 3.05) is 19.6 Å². The molecule has 1 saturated heterocycles. The predicted molar refractivity (Wildman–Crippen MR) is 34.1 cm³/mol. The van der Waals surface area contributed by atoms with Crippen LogP contribution in [0.3, 0.4) is 0 Å². The number of hydrogen-bond donors (Lipinski definition) is 1. The number of nitriles is 1. The molecule has 0 amide bonds. The van der Waals surface area contributed by atoms with E-state index < -0.39 is 10.2 Å². The van der Waals surface area contributed by atoms with E-state index in [1.807, 2.05) is 0 Å². The van der Waals surface area contributed by atoms with Crippen molar-refractivity contribution in [3.63, 3.8) is 0 Å². The quantitative estimate of drug-likeness (QED) is 0.484. The summed E-state index contributed by atoms with van der Waals surface area (Å²) in [7, 11) is -3.29. The van der Waals surface area contributed by atoms with Gasteiger partial charge in [0.05, 0.1) is 6.07 Å². The monoisotopic (exact) mass is 161 g/mol. The Morgan fingerprint density at radius 2 is 2.40 bits per heavy atom. The second-order valence-corrected chi connectivity index (χ2v) is 3.65. The summed E-state index contributed by atoms with van der Waals surface area (Å²) < 4.78 is 25.0. The smallest absolute Gasteiger partial charge is 0.201 e. The van der Waals surface area contributed by atoms with Crippen molar-refractivity contribution in [1.29, 1.82) is 5.26 Å². The second kappa shape index (κ2) is 2.54. The van der Waals surface area contributed by atoms with Gasteiger partial charge in [0.25, 0.3) is 10.2 Å². The van der Waals surface area contributed by atoms with Crippen LogP contribution in [0.25, 0.3) is 0 Å². The molecule has 0 atom stereocenters. The molecule has 1 heterocycles. The highest BCUT2D eigenvalue weighted by Crippen LogP contribution is 2.01. The lowest BCUT2D eigenvalue weighted by Gasteiger charge is -2.06. The average Bonchev–Trinajstić information content (AvgIpc) is 2.13.